The maximum absolute atomic E-state index is 12.0. The predicted molar refractivity (Wildman–Crippen MR) is 78.5 cm³/mol. The van der Waals surface area contributed by atoms with E-state index in [0.29, 0.717) is 17.4 Å². The predicted octanol–water partition coefficient (Wildman–Crippen LogP) is 1.79. The molecule has 20 heavy (non-hydrogen) atoms. The topological polar surface area (TPSA) is 41.6 Å². The number of carbonyl (C=O) groups is 1. The molecule has 1 saturated carbocycles. The van der Waals surface area contributed by atoms with Crippen molar-refractivity contribution in [1.82, 2.24) is 10.2 Å². The first-order chi connectivity index (χ1) is 9.54. The number of rotatable bonds is 5. The summed E-state index contributed by atoms with van der Waals surface area (Å²) < 4.78 is 5.83. The molecule has 4 nitrogen and oxygen atoms in total. The second kappa shape index (κ2) is 5.30. The number of likely N-dealkylation sites (tertiary alicyclic amines) is 1. The normalized spacial score (nSPS) is 28.1. The van der Waals surface area contributed by atoms with Gasteiger partial charge in [-0.1, -0.05) is 0 Å². The maximum atomic E-state index is 12.0. The van der Waals surface area contributed by atoms with E-state index in [4.69, 9.17) is 4.74 Å². The Labute approximate surface area is 122 Å². The molecular formula is C16H28N2O2. The van der Waals surface area contributed by atoms with Crippen LogP contribution in [0.4, 0.5) is 0 Å². The summed E-state index contributed by atoms with van der Waals surface area (Å²) in [5.74, 6) is 0.307. The smallest absolute Gasteiger partial charge is 0.226 e. The molecule has 3 rings (SSSR count). The molecule has 0 bridgehead atoms. The van der Waals surface area contributed by atoms with E-state index in [1.165, 1.54) is 12.8 Å². The number of nitrogens with zero attached hydrogens (tertiary/aromatic N) is 1. The van der Waals surface area contributed by atoms with Crippen molar-refractivity contribution in [2.75, 3.05) is 32.8 Å². The third-order valence-electron chi connectivity index (χ3n) is 5.42. The Morgan fingerprint density at radius 3 is 2.40 bits per heavy atom. The lowest BCUT2D eigenvalue weighted by atomic mass is 9.77. The number of piperidine rings is 1. The van der Waals surface area contributed by atoms with E-state index in [1.54, 1.807) is 0 Å². The van der Waals surface area contributed by atoms with Crippen LogP contribution in [0.1, 0.15) is 46.0 Å². The molecule has 1 aliphatic carbocycles. The van der Waals surface area contributed by atoms with Crippen LogP contribution >= 0.6 is 0 Å². The second-order valence-corrected chi connectivity index (χ2v) is 7.42. The lowest BCUT2D eigenvalue weighted by molar-refractivity contribution is -0.130. The number of ether oxygens (including phenoxy) is 1. The first kappa shape index (κ1) is 14.3. The number of amides is 1. The third kappa shape index (κ3) is 2.86. The van der Waals surface area contributed by atoms with Gasteiger partial charge in [0.15, 0.2) is 0 Å². The van der Waals surface area contributed by atoms with Crippen molar-refractivity contribution >= 4 is 5.91 Å². The van der Waals surface area contributed by atoms with Crippen LogP contribution in [0.3, 0.4) is 0 Å². The standard InChI is InChI=1S/C16H28N2O2/c1-13(2)20-12-15(3-4-15)11-18-9-6-16(7-10-18)5-8-17-14(16)19/h13H,3-12H2,1-2H3,(H,17,19). The zero-order chi connectivity index (χ0) is 14.2. The maximum Gasteiger partial charge on any atom is 0.226 e. The van der Waals surface area contributed by atoms with Crippen LogP contribution in [0.2, 0.25) is 0 Å². The van der Waals surface area contributed by atoms with Crippen LogP contribution in [0.15, 0.2) is 0 Å². The highest BCUT2D eigenvalue weighted by atomic mass is 16.5. The Hall–Kier alpha value is -0.610. The molecule has 0 atom stereocenters. The largest absolute Gasteiger partial charge is 0.378 e. The van der Waals surface area contributed by atoms with Crippen molar-refractivity contribution < 1.29 is 9.53 Å². The monoisotopic (exact) mass is 280 g/mol. The molecule has 1 amide bonds. The fraction of sp³-hybridized carbons (Fsp3) is 0.938. The molecule has 2 saturated heterocycles. The lowest BCUT2D eigenvalue weighted by Gasteiger charge is -2.39. The van der Waals surface area contributed by atoms with Crippen LogP contribution in [0.5, 0.6) is 0 Å². The lowest BCUT2D eigenvalue weighted by Crippen LogP contribution is -2.46. The van der Waals surface area contributed by atoms with Crippen molar-refractivity contribution in [1.29, 1.82) is 0 Å². The molecule has 1 spiro atoms. The first-order valence-electron chi connectivity index (χ1n) is 8.16. The van der Waals surface area contributed by atoms with E-state index in [1.807, 2.05) is 0 Å². The SMILES string of the molecule is CC(C)OCC1(CN2CCC3(CCNC3=O)CC2)CC1. The van der Waals surface area contributed by atoms with Gasteiger partial charge in [-0.05, 0) is 59.0 Å². The quantitative estimate of drug-likeness (QED) is 0.835. The summed E-state index contributed by atoms with van der Waals surface area (Å²) in [5.41, 5.74) is 0.397. The van der Waals surface area contributed by atoms with Crippen LogP contribution < -0.4 is 5.32 Å². The molecule has 3 aliphatic rings. The van der Waals surface area contributed by atoms with Gasteiger partial charge in [-0.3, -0.25) is 4.79 Å². The van der Waals surface area contributed by atoms with E-state index >= 15 is 0 Å². The van der Waals surface area contributed by atoms with Gasteiger partial charge >= 0.3 is 0 Å². The van der Waals surface area contributed by atoms with Gasteiger partial charge in [-0.25, -0.2) is 0 Å². The van der Waals surface area contributed by atoms with Gasteiger partial charge in [0.2, 0.25) is 5.91 Å². The average Bonchev–Trinajstić information content (AvgIpc) is 3.10. The van der Waals surface area contributed by atoms with E-state index in [-0.39, 0.29) is 5.41 Å². The minimum Gasteiger partial charge on any atom is -0.378 e. The van der Waals surface area contributed by atoms with Gasteiger partial charge in [0.05, 0.1) is 18.1 Å². The molecule has 2 aliphatic heterocycles. The molecule has 0 aromatic rings. The molecule has 0 aromatic carbocycles. The Morgan fingerprint density at radius 1 is 1.20 bits per heavy atom. The molecule has 4 heteroatoms. The van der Waals surface area contributed by atoms with Gasteiger partial charge in [0.25, 0.3) is 0 Å². The summed E-state index contributed by atoms with van der Waals surface area (Å²) >= 11 is 0. The minimum absolute atomic E-state index is 0.0261. The highest BCUT2D eigenvalue weighted by Crippen LogP contribution is 2.48. The Morgan fingerprint density at radius 2 is 1.90 bits per heavy atom. The van der Waals surface area contributed by atoms with Gasteiger partial charge in [0.1, 0.15) is 0 Å². The molecule has 1 N–H and O–H groups in total. The fourth-order valence-corrected chi connectivity index (χ4v) is 3.68. The van der Waals surface area contributed by atoms with Crippen LogP contribution in [-0.2, 0) is 9.53 Å². The number of hydrogen-bond donors (Lipinski definition) is 1. The molecule has 0 unspecified atom stereocenters. The Bertz CT molecular complexity index is 369. The Kier molecular flexibility index (Phi) is 3.80. The second-order valence-electron chi connectivity index (χ2n) is 7.42. The number of carbonyl (C=O) groups excluding carboxylic acids is 1. The van der Waals surface area contributed by atoms with E-state index in [0.717, 1.165) is 52.0 Å². The van der Waals surface area contributed by atoms with Crippen LogP contribution in [0, 0.1) is 10.8 Å². The molecule has 0 radical (unpaired) electrons. The van der Waals surface area contributed by atoms with Crippen molar-refractivity contribution in [3.8, 4) is 0 Å². The van der Waals surface area contributed by atoms with E-state index in [9.17, 15) is 4.79 Å². The molecule has 2 heterocycles. The van der Waals surface area contributed by atoms with Crippen molar-refractivity contribution in [2.45, 2.75) is 52.1 Å². The van der Waals surface area contributed by atoms with Gasteiger partial charge in [0, 0.05) is 18.5 Å². The minimum atomic E-state index is -0.0261. The van der Waals surface area contributed by atoms with Crippen molar-refractivity contribution in [2.24, 2.45) is 10.8 Å². The Balaban J connectivity index is 1.48. The van der Waals surface area contributed by atoms with E-state index < -0.39 is 0 Å². The van der Waals surface area contributed by atoms with Crippen molar-refractivity contribution in [3.05, 3.63) is 0 Å². The molecule has 114 valence electrons. The average molecular weight is 280 g/mol. The molecular weight excluding hydrogens is 252 g/mol. The molecule has 3 fully saturated rings. The van der Waals surface area contributed by atoms with Gasteiger partial charge in [-0.2, -0.15) is 0 Å². The zero-order valence-corrected chi connectivity index (χ0v) is 12.9. The third-order valence-corrected chi connectivity index (χ3v) is 5.42. The van der Waals surface area contributed by atoms with Gasteiger partial charge in [-0.15, -0.1) is 0 Å². The summed E-state index contributed by atoms with van der Waals surface area (Å²) in [6.45, 7) is 9.34. The number of hydrogen-bond acceptors (Lipinski definition) is 3. The number of nitrogens with one attached hydrogen (secondary N) is 1. The zero-order valence-electron chi connectivity index (χ0n) is 12.9. The first-order valence-corrected chi connectivity index (χ1v) is 8.16. The summed E-state index contributed by atoms with van der Waals surface area (Å²) in [6.07, 6.45) is 6.07. The summed E-state index contributed by atoms with van der Waals surface area (Å²) in [4.78, 5) is 14.5. The van der Waals surface area contributed by atoms with E-state index in [2.05, 4.69) is 24.1 Å². The highest BCUT2D eigenvalue weighted by molar-refractivity contribution is 5.84. The van der Waals surface area contributed by atoms with Crippen LogP contribution in [0.25, 0.3) is 0 Å². The summed E-state index contributed by atoms with van der Waals surface area (Å²) in [5, 5.41) is 3.01. The summed E-state index contributed by atoms with van der Waals surface area (Å²) in [7, 11) is 0. The fourth-order valence-electron chi connectivity index (χ4n) is 3.68. The highest BCUT2D eigenvalue weighted by Gasteiger charge is 2.48. The van der Waals surface area contributed by atoms with Crippen LogP contribution in [-0.4, -0.2) is 49.7 Å². The molecule has 0 aromatic heterocycles. The van der Waals surface area contributed by atoms with Gasteiger partial charge < -0.3 is 15.0 Å². The summed E-state index contributed by atoms with van der Waals surface area (Å²) in [6, 6.07) is 0. The van der Waals surface area contributed by atoms with Crippen molar-refractivity contribution in [3.63, 3.8) is 0 Å².